The minimum Gasteiger partial charge on any atom is -0.330 e. The molecule has 1 atom stereocenters. The van der Waals surface area contributed by atoms with Crippen LogP contribution < -0.4 is 5.73 Å². The van der Waals surface area contributed by atoms with Gasteiger partial charge in [-0.25, -0.2) is 12.8 Å². The Balaban J connectivity index is 2.94. The molecule has 0 aliphatic heterocycles. The van der Waals surface area contributed by atoms with Crippen molar-refractivity contribution in [1.82, 2.24) is 0 Å². The molecule has 1 rings (SSSR count). The SMILES string of the molecule is Cc1ccc(F)cc1CS(=O)(=O)C(C)CCN. The Bertz CT molecular complexity index is 485. The van der Waals surface area contributed by atoms with Crippen molar-refractivity contribution >= 4 is 9.84 Å². The van der Waals surface area contributed by atoms with E-state index in [1.54, 1.807) is 19.9 Å². The van der Waals surface area contributed by atoms with Crippen LogP contribution in [0.3, 0.4) is 0 Å². The summed E-state index contributed by atoms with van der Waals surface area (Å²) in [4.78, 5) is 0. The van der Waals surface area contributed by atoms with Crippen LogP contribution in [0.25, 0.3) is 0 Å². The van der Waals surface area contributed by atoms with Gasteiger partial charge in [0.05, 0.1) is 11.0 Å². The van der Waals surface area contributed by atoms with E-state index in [-0.39, 0.29) is 5.75 Å². The Morgan fingerprint density at radius 2 is 2.06 bits per heavy atom. The first-order valence-electron chi connectivity index (χ1n) is 5.53. The van der Waals surface area contributed by atoms with E-state index < -0.39 is 20.9 Å². The van der Waals surface area contributed by atoms with Crippen molar-refractivity contribution in [2.45, 2.75) is 31.3 Å². The molecule has 1 aromatic carbocycles. The van der Waals surface area contributed by atoms with Gasteiger partial charge in [0, 0.05) is 0 Å². The van der Waals surface area contributed by atoms with Crippen LogP contribution in [0.4, 0.5) is 4.39 Å². The van der Waals surface area contributed by atoms with Crippen molar-refractivity contribution in [3.8, 4) is 0 Å². The van der Waals surface area contributed by atoms with E-state index in [9.17, 15) is 12.8 Å². The van der Waals surface area contributed by atoms with E-state index >= 15 is 0 Å². The van der Waals surface area contributed by atoms with Gasteiger partial charge in [0.25, 0.3) is 0 Å². The van der Waals surface area contributed by atoms with Gasteiger partial charge in [0.15, 0.2) is 9.84 Å². The largest absolute Gasteiger partial charge is 0.330 e. The van der Waals surface area contributed by atoms with Crippen LogP contribution in [0.1, 0.15) is 24.5 Å². The molecule has 0 bridgehead atoms. The smallest absolute Gasteiger partial charge is 0.157 e. The normalized spacial score (nSPS) is 13.6. The molecule has 1 aromatic rings. The first-order chi connectivity index (χ1) is 7.86. The number of sulfone groups is 1. The number of aryl methyl sites for hydroxylation is 1. The number of hydrogen-bond donors (Lipinski definition) is 1. The summed E-state index contributed by atoms with van der Waals surface area (Å²) in [5, 5.41) is -0.491. The van der Waals surface area contributed by atoms with Crippen LogP contribution >= 0.6 is 0 Å². The summed E-state index contributed by atoms with van der Waals surface area (Å²) in [5.41, 5.74) is 6.66. The molecular formula is C12H18FNO2S. The lowest BCUT2D eigenvalue weighted by Gasteiger charge is -2.13. The van der Waals surface area contributed by atoms with Crippen molar-refractivity contribution in [1.29, 1.82) is 0 Å². The molecule has 1 unspecified atom stereocenters. The maximum absolute atomic E-state index is 13.1. The predicted octanol–water partition coefficient (Wildman–Crippen LogP) is 1.79. The lowest BCUT2D eigenvalue weighted by Crippen LogP contribution is -2.23. The summed E-state index contributed by atoms with van der Waals surface area (Å²) in [7, 11) is -3.26. The first kappa shape index (κ1) is 14.1. The van der Waals surface area contributed by atoms with Gasteiger partial charge < -0.3 is 5.73 Å². The fraction of sp³-hybridized carbons (Fsp3) is 0.500. The fourth-order valence-electron chi connectivity index (χ4n) is 1.57. The molecule has 0 amide bonds. The van der Waals surface area contributed by atoms with E-state index in [0.717, 1.165) is 5.56 Å². The van der Waals surface area contributed by atoms with Gasteiger partial charge in [-0.3, -0.25) is 0 Å². The second-order valence-electron chi connectivity index (χ2n) is 4.27. The molecule has 0 aromatic heterocycles. The Labute approximate surface area is 102 Å². The van der Waals surface area contributed by atoms with Gasteiger partial charge in [-0.1, -0.05) is 6.07 Å². The van der Waals surface area contributed by atoms with Gasteiger partial charge in [0.1, 0.15) is 5.82 Å². The van der Waals surface area contributed by atoms with Crippen molar-refractivity contribution in [2.75, 3.05) is 6.54 Å². The molecular weight excluding hydrogens is 241 g/mol. The minimum atomic E-state index is -3.26. The lowest BCUT2D eigenvalue weighted by molar-refractivity contribution is 0.576. The third kappa shape index (κ3) is 3.78. The van der Waals surface area contributed by atoms with Crippen LogP contribution in [0.2, 0.25) is 0 Å². The van der Waals surface area contributed by atoms with Gasteiger partial charge >= 0.3 is 0 Å². The molecule has 0 aliphatic carbocycles. The average molecular weight is 259 g/mol. The van der Waals surface area contributed by atoms with Crippen molar-refractivity contribution in [2.24, 2.45) is 5.73 Å². The maximum atomic E-state index is 13.1. The lowest BCUT2D eigenvalue weighted by atomic mass is 10.1. The molecule has 3 nitrogen and oxygen atoms in total. The van der Waals surface area contributed by atoms with Gasteiger partial charge in [-0.15, -0.1) is 0 Å². The minimum absolute atomic E-state index is 0.127. The predicted molar refractivity (Wildman–Crippen MR) is 66.9 cm³/mol. The molecule has 0 heterocycles. The summed E-state index contributed by atoms with van der Waals surface area (Å²) >= 11 is 0. The highest BCUT2D eigenvalue weighted by Crippen LogP contribution is 2.17. The Hall–Kier alpha value is -0.940. The highest BCUT2D eigenvalue weighted by atomic mass is 32.2. The van der Waals surface area contributed by atoms with Gasteiger partial charge in [0.2, 0.25) is 0 Å². The van der Waals surface area contributed by atoms with Crippen LogP contribution in [0.15, 0.2) is 18.2 Å². The summed E-state index contributed by atoms with van der Waals surface area (Å²) in [6, 6.07) is 4.20. The van der Waals surface area contributed by atoms with Crippen molar-refractivity contribution in [3.63, 3.8) is 0 Å². The van der Waals surface area contributed by atoms with Crippen molar-refractivity contribution < 1.29 is 12.8 Å². The molecule has 0 aliphatic rings. The fourth-order valence-corrected chi connectivity index (χ4v) is 3.09. The van der Waals surface area contributed by atoms with E-state index in [1.165, 1.54) is 12.1 Å². The van der Waals surface area contributed by atoms with Crippen LogP contribution in [-0.2, 0) is 15.6 Å². The third-order valence-electron chi connectivity index (χ3n) is 2.85. The number of rotatable bonds is 5. The second kappa shape index (κ2) is 5.60. The topological polar surface area (TPSA) is 60.2 Å². The number of nitrogens with two attached hydrogens (primary N) is 1. The average Bonchev–Trinajstić information content (AvgIpc) is 2.23. The van der Waals surface area contributed by atoms with Crippen LogP contribution in [-0.4, -0.2) is 20.2 Å². The Morgan fingerprint density at radius 1 is 1.41 bits per heavy atom. The molecule has 0 saturated carbocycles. The summed E-state index contributed by atoms with van der Waals surface area (Å²) in [5.74, 6) is -0.537. The highest BCUT2D eigenvalue weighted by Gasteiger charge is 2.21. The molecule has 0 fully saturated rings. The Kier molecular flexibility index (Phi) is 4.65. The van der Waals surface area contributed by atoms with E-state index in [0.29, 0.717) is 18.5 Å². The van der Waals surface area contributed by atoms with E-state index in [1.807, 2.05) is 0 Å². The number of benzene rings is 1. The number of halogens is 1. The summed E-state index contributed by atoms with van der Waals surface area (Å²) in [6.45, 7) is 3.75. The molecule has 0 saturated heterocycles. The molecule has 96 valence electrons. The van der Waals surface area contributed by atoms with Gasteiger partial charge in [-0.05, 0) is 50.1 Å². The third-order valence-corrected chi connectivity index (χ3v) is 5.03. The zero-order valence-corrected chi connectivity index (χ0v) is 10.9. The maximum Gasteiger partial charge on any atom is 0.157 e. The first-order valence-corrected chi connectivity index (χ1v) is 7.25. The molecule has 5 heteroatoms. The zero-order chi connectivity index (χ0) is 13.1. The molecule has 2 N–H and O–H groups in total. The van der Waals surface area contributed by atoms with Crippen molar-refractivity contribution in [3.05, 3.63) is 35.1 Å². The monoisotopic (exact) mass is 259 g/mol. The molecule has 0 radical (unpaired) electrons. The van der Waals surface area contributed by atoms with Gasteiger partial charge in [-0.2, -0.15) is 0 Å². The standard InChI is InChI=1S/C12H18FNO2S/c1-9-3-4-12(13)7-11(9)8-17(15,16)10(2)5-6-14/h3-4,7,10H,5-6,8,14H2,1-2H3. The molecule has 0 spiro atoms. The highest BCUT2D eigenvalue weighted by molar-refractivity contribution is 7.91. The van der Waals surface area contributed by atoms with Crippen LogP contribution in [0, 0.1) is 12.7 Å². The quantitative estimate of drug-likeness (QED) is 0.877. The van der Waals surface area contributed by atoms with Crippen LogP contribution in [0.5, 0.6) is 0 Å². The number of hydrogen-bond acceptors (Lipinski definition) is 3. The Morgan fingerprint density at radius 3 is 2.65 bits per heavy atom. The van der Waals surface area contributed by atoms with E-state index in [4.69, 9.17) is 5.73 Å². The summed E-state index contributed by atoms with van der Waals surface area (Å²) < 4.78 is 37.0. The second-order valence-corrected chi connectivity index (χ2v) is 6.69. The van der Waals surface area contributed by atoms with E-state index in [2.05, 4.69) is 0 Å². The zero-order valence-electron chi connectivity index (χ0n) is 10.1. The molecule has 17 heavy (non-hydrogen) atoms. The summed E-state index contributed by atoms with van der Waals surface area (Å²) in [6.07, 6.45) is 0.427.